The normalized spacial score (nSPS) is 22.2. The van der Waals surface area contributed by atoms with Crippen molar-refractivity contribution in [2.24, 2.45) is 0 Å². The minimum absolute atomic E-state index is 0.519. The van der Waals surface area contributed by atoms with Gasteiger partial charge >= 0.3 is 0 Å². The molecule has 2 aromatic rings. The standard InChI is InChI=1S/C15H18N4/c1-2-4-12-8-19(7-11(12)3-1)9-13-5-14-15(6-16-13)18-10-17-14/h1-4,10,13,16H,5-9H2,(H,17,18). The van der Waals surface area contributed by atoms with E-state index in [1.807, 2.05) is 0 Å². The third kappa shape index (κ3) is 2.07. The highest BCUT2D eigenvalue weighted by atomic mass is 15.2. The van der Waals surface area contributed by atoms with Crippen molar-refractivity contribution in [3.05, 3.63) is 53.1 Å². The summed E-state index contributed by atoms with van der Waals surface area (Å²) in [6.07, 6.45) is 2.84. The summed E-state index contributed by atoms with van der Waals surface area (Å²) < 4.78 is 0. The van der Waals surface area contributed by atoms with Gasteiger partial charge in [-0.25, -0.2) is 4.98 Å². The number of aromatic nitrogens is 2. The summed E-state index contributed by atoms with van der Waals surface area (Å²) in [5, 5.41) is 3.60. The summed E-state index contributed by atoms with van der Waals surface area (Å²) in [7, 11) is 0. The Morgan fingerprint density at radius 1 is 1.21 bits per heavy atom. The van der Waals surface area contributed by atoms with Gasteiger partial charge in [-0.1, -0.05) is 24.3 Å². The molecule has 4 nitrogen and oxygen atoms in total. The highest BCUT2D eigenvalue weighted by molar-refractivity contribution is 5.30. The molecule has 0 spiro atoms. The molecule has 3 heterocycles. The first-order chi connectivity index (χ1) is 9.38. The molecular formula is C15H18N4. The molecule has 0 radical (unpaired) electrons. The molecule has 0 amide bonds. The lowest BCUT2D eigenvalue weighted by atomic mass is 10.1. The molecule has 4 rings (SSSR count). The van der Waals surface area contributed by atoms with E-state index in [9.17, 15) is 0 Å². The molecule has 2 aliphatic rings. The Morgan fingerprint density at radius 3 is 2.79 bits per heavy atom. The number of benzene rings is 1. The van der Waals surface area contributed by atoms with E-state index in [0.29, 0.717) is 6.04 Å². The minimum Gasteiger partial charge on any atom is -0.347 e. The fraction of sp³-hybridized carbons (Fsp3) is 0.400. The Balaban J connectivity index is 1.42. The van der Waals surface area contributed by atoms with Gasteiger partial charge in [0.15, 0.2) is 0 Å². The summed E-state index contributed by atoms with van der Waals surface area (Å²) in [6, 6.07) is 9.28. The minimum atomic E-state index is 0.519. The third-order valence-corrected chi connectivity index (χ3v) is 4.20. The highest BCUT2D eigenvalue weighted by Crippen LogP contribution is 2.23. The predicted molar refractivity (Wildman–Crippen MR) is 73.5 cm³/mol. The molecule has 1 atom stereocenters. The number of rotatable bonds is 2. The summed E-state index contributed by atoms with van der Waals surface area (Å²) in [5.41, 5.74) is 5.46. The van der Waals surface area contributed by atoms with Gasteiger partial charge in [0.1, 0.15) is 0 Å². The summed E-state index contributed by atoms with van der Waals surface area (Å²) in [6.45, 7) is 4.19. The summed E-state index contributed by atoms with van der Waals surface area (Å²) >= 11 is 0. The number of fused-ring (bicyclic) bond motifs is 2. The van der Waals surface area contributed by atoms with E-state index in [1.165, 1.54) is 22.5 Å². The third-order valence-electron chi connectivity index (χ3n) is 4.20. The van der Waals surface area contributed by atoms with Crippen LogP contribution in [0, 0.1) is 0 Å². The van der Waals surface area contributed by atoms with Crippen molar-refractivity contribution < 1.29 is 0 Å². The number of hydrogen-bond donors (Lipinski definition) is 2. The average Bonchev–Trinajstić information content (AvgIpc) is 3.03. The fourth-order valence-electron chi connectivity index (χ4n) is 3.20. The second-order valence-electron chi connectivity index (χ2n) is 5.55. The van der Waals surface area contributed by atoms with E-state index >= 15 is 0 Å². The monoisotopic (exact) mass is 254 g/mol. The van der Waals surface area contributed by atoms with Crippen molar-refractivity contribution >= 4 is 0 Å². The molecule has 0 fully saturated rings. The smallest absolute Gasteiger partial charge is 0.0925 e. The van der Waals surface area contributed by atoms with Gasteiger partial charge in [0.05, 0.1) is 17.7 Å². The number of imidazole rings is 1. The maximum absolute atomic E-state index is 4.41. The molecule has 0 aliphatic carbocycles. The predicted octanol–water partition coefficient (Wildman–Crippen LogP) is 1.44. The largest absolute Gasteiger partial charge is 0.347 e. The molecule has 0 bridgehead atoms. The number of nitrogens with zero attached hydrogens (tertiary/aromatic N) is 2. The van der Waals surface area contributed by atoms with Crippen molar-refractivity contribution in [3.8, 4) is 0 Å². The van der Waals surface area contributed by atoms with Crippen LogP contribution in [0.5, 0.6) is 0 Å². The van der Waals surface area contributed by atoms with Gasteiger partial charge in [-0.05, 0) is 11.1 Å². The van der Waals surface area contributed by atoms with Gasteiger partial charge in [-0.15, -0.1) is 0 Å². The molecule has 1 aromatic carbocycles. The molecule has 4 heteroatoms. The van der Waals surface area contributed by atoms with Crippen LogP contribution in [0.15, 0.2) is 30.6 Å². The zero-order valence-corrected chi connectivity index (χ0v) is 10.9. The summed E-state index contributed by atoms with van der Waals surface area (Å²) in [5.74, 6) is 0. The molecule has 1 unspecified atom stereocenters. The number of aromatic amines is 1. The first-order valence-corrected chi connectivity index (χ1v) is 6.92. The lowest BCUT2D eigenvalue weighted by molar-refractivity contribution is 0.240. The van der Waals surface area contributed by atoms with Crippen LogP contribution in [-0.2, 0) is 26.1 Å². The highest BCUT2D eigenvalue weighted by Gasteiger charge is 2.25. The quantitative estimate of drug-likeness (QED) is 0.852. The molecule has 19 heavy (non-hydrogen) atoms. The van der Waals surface area contributed by atoms with Crippen molar-refractivity contribution in [3.63, 3.8) is 0 Å². The van der Waals surface area contributed by atoms with Gasteiger partial charge < -0.3 is 10.3 Å². The molecule has 0 saturated heterocycles. The van der Waals surface area contributed by atoms with Crippen LogP contribution in [0.4, 0.5) is 0 Å². The maximum atomic E-state index is 4.41. The zero-order chi connectivity index (χ0) is 12.7. The van der Waals surface area contributed by atoms with Crippen LogP contribution in [0.1, 0.15) is 22.5 Å². The van der Waals surface area contributed by atoms with Crippen molar-refractivity contribution in [2.45, 2.75) is 32.1 Å². The van der Waals surface area contributed by atoms with Crippen molar-refractivity contribution in [1.82, 2.24) is 20.2 Å². The molecule has 2 aliphatic heterocycles. The maximum Gasteiger partial charge on any atom is 0.0925 e. The van der Waals surface area contributed by atoms with Crippen LogP contribution in [-0.4, -0.2) is 27.5 Å². The first kappa shape index (κ1) is 11.2. The first-order valence-electron chi connectivity index (χ1n) is 6.92. The Kier molecular flexibility index (Phi) is 2.64. The Labute approximate surface area is 112 Å². The van der Waals surface area contributed by atoms with E-state index in [1.54, 1.807) is 6.33 Å². The van der Waals surface area contributed by atoms with Gasteiger partial charge in [0, 0.05) is 38.6 Å². The van der Waals surface area contributed by atoms with Crippen LogP contribution in [0.25, 0.3) is 0 Å². The van der Waals surface area contributed by atoms with Crippen LogP contribution in [0.3, 0.4) is 0 Å². The molecule has 98 valence electrons. The Bertz CT molecular complexity index is 564. The molecule has 2 N–H and O–H groups in total. The SMILES string of the molecule is c1ccc2c(c1)CN(CC1Cc3nc[nH]c3CN1)C2. The zero-order valence-electron chi connectivity index (χ0n) is 10.9. The summed E-state index contributed by atoms with van der Waals surface area (Å²) in [4.78, 5) is 10.1. The lowest BCUT2D eigenvalue weighted by Crippen LogP contribution is -2.43. The topological polar surface area (TPSA) is 44.0 Å². The number of hydrogen-bond acceptors (Lipinski definition) is 3. The average molecular weight is 254 g/mol. The Morgan fingerprint density at radius 2 is 2.00 bits per heavy atom. The van der Waals surface area contributed by atoms with E-state index in [2.05, 4.69) is 44.5 Å². The van der Waals surface area contributed by atoms with Crippen LogP contribution < -0.4 is 5.32 Å². The van der Waals surface area contributed by atoms with Gasteiger partial charge in [-0.2, -0.15) is 0 Å². The van der Waals surface area contributed by atoms with Gasteiger partial charge in [0.25, 0.3) is 0 Å². The number of H-pyrrole nitrogens is 1. The van der Waals surface area contributed by atoms with Gasteiger partial charge in [0.2, 0.25) is 0 Å². The van der Waals surface area contributed by atoms with Gasteiger partial charge in [-0.3, -0.25) is 4.90 Å². The molecular weight excluding hydrogens is 236 g/mol. The van der Waals surface area contributed by atoms with Crippen molar-refractivity contribution in [2.75, 3.05) is 6.54 Å². The molecule has 1 aromatic heterocycles. The van der Waals surface area contributed by atoms with Crippen LogP contribution in [0.2, 0.25) is 0 Å². The van der Waals surface area contributed by atoms with E-state index in [0.717, 1.165) is 32.6 Å². The second-order valence-corrected chi connectivity index (χ2v) is 5.55. The lowest BCUT2D eigenvalue weighted by Gasteiger charge is -2.27. The number of nitrogens with one attached hydrogen (secondary N) is 2. The van der Waals surface area contributed by atoms with E-state index in [-0.39, 0.29) is 0 Å². The molecule has 0 saturated carbocycles. The fourth-order valence-corrected chi connectivity index (χ4v) is 3.20. The van der Waals surface area contributed by atoms with Crippen LogP contribution >= 0.6 is 0 Å². The van der Waals surface area contributed by atoms with E-state index in [4.69, 9.17) is 0 Å². The Hall–Kier alpha value is -1.65. The second kappa shape index (κ2) is 4.47. The van der Waals surface area contributed by atoms with Crippen molar-refractivity contribution in [1.29, 1.82) is 0 Å². The van der Waals surface area contributed by atoms with E-state index < -0.39 is 0 Å².